The fourth-order valence-corrected chi connectivity index (χ4v) is 3.26. The van der Waals surface area contributed by atoms with Gasteiger partial charge >= 0.3 is 0 Å². The molecule has 1 aliphatic heterocycles. The highest BCUT2D eigenvalue weighted by atomic mass is 19.1. The molecule has 0 saturated carbocycles. The van der Waals surface area contributed by atoms with Crippen LogP contribution in [0.4, 0.5) is 4.39 Å². The minimum atomic E-state index is -1.15. The van der Waals surface area contributed by atoms with Gasteiger partial charge in [0.15, 0.2) is 5.82 Å². The summed E-state index contributed by atoms with van der Waals surface area (Å²) < 4.78 is 13.1. The van der Waals surface area contributed by atoms with Gasteiger partial charge < -0.3 is 10.0 Å². The fraction of sp³-hybridized carbons (Fsp3) is 0.211. The first-order valence-electron chi connectivity index (χ1n) is 8.29. The van der Waals surface area contributed by atoms with Crippen molar-refractivity contribution in [3.05, 3.63) is 71.8 Å². The number of aromatic nitrogens is 3. The molecule has 2 aromatic carbocycles. The summed E-state index contributed by atoms with van der Waals surface area (Å²) in [6, 6.07) is 12.8. The van der Waals surface area contributed by atoms with E-state index in [4.69, 9.17) is 0 Å². The Morgan fingerprint density at radius 2 is 1.88 bits per heavy atom. The molecule has 2 N–H and O–H groups in total. The molecule has 0 radical (unpaired) electrons. The van der Waals surface area contributed by atoms with Crippen molar-refractivity contribution in [3.63, 3.8) is 0 Å². The number of hydrogen-bond acceptors (Lipinski definition) is 4. The minimum absolute atomic E-state index is 0.146. The molecule has 1 aliphatic rings. The van der Waals surface area contributed by atoms with Gasteiger partial charge in [-0.2, -0.15) is 5.10 Å². The number of halogens is 1. The van der Waals surface area contributed by atoms with Crippen LogP contribution in [0.15, 0.2) is 54.9 Å². The lowest BCUT2D eigenvalue weighted by atomic mass is 9.93. The monoisotopic (exact) mass is 352 g/mol. The van der Waals surface area contributed by atoms with E-state index in [0.29, 0.717) is 29.9 Å². The summed E-state index contributed by atoms with van der Waals surface area (Å²) in [6.45, 7) is 0.623. The molecule has 7 heteroatoms. The Balaban J connectivity index is 1.50. The molecule has 6 nitrogen and oxygen atoms in total. The molecule has 132 valence electrons. The quantitative estimate of drug-likeness (QED) is 0.758. The molecule has 0 aliphatic carbocycles. The van der Waals surface area contributed by atoms with Gasteiger partial charge in [-0.25, -0.2) is 9.37 Å². The molecule has 26 heavy (non-hydrogen) atoms. The number of H-pyrrole nitrogens is 1. The zero-order chi connectivity index (χ0) is 18.1. The van der Waals surface area contributed by atoms with Crippen LogP contribution in [0.3, 0.4) is 0 Å². The lowest BCUT2D eigenvalue weighted by Gasteiger charge is -2.24. The highest BCUT2D eigenvalue weighted by molar-refractivity contribution is 5.94. The van der Waals surface area contributed by atoms with Crippen LogP contribution in [-0.4, -0.2) is 44.2 Å². The molecule has 4 rings (SSSR count). The molecule has 1 fully saturated rings. The molecular formula is C19H17FN4O2. The Labute approximate surface area is 149 Å². The molecule has 0 spiro atoms. The van der Waals surface area contributed by atoms with Crippen LogP contribution in [-0.2, 0) is 5.60 Å². The summed E-state index contributed by atoms with van der Waals surface area (Å²) in [7, 11) is 0. The van der Waals surface area contributed by atoms with E-state index < -0.39 is 5.60 Å². The van der Waals surface area contributed by atoms with E-state index in [-0.39, 0.29) is 18.3 Å². The van der Waals surface area contributed by atoms with E-state index in [1.54, 1.807) is 41.3 Å². The van der Waals surface area contributed by atoms with Crippen LogP contribution >= 0.6 is 0 Å². The van der Waals surface area contributed by atoms with Gasteiger partial charge in [-0.15, -0.1) is 0 Å². The topological polar surface area (TPSA) is 82.1 Å². The second-order valence-electron chi connectivity index (χ2n) is 6.43. The summed E-state index contributed by atoms with van der Waals surface area (Å²) in [6.07, 6.45) is 1.84. The first-order chi connectivity index (χ1) is 12.5. The maximum Gasteiger partial charge on any atom is 0.253 e. The van der Waals surface area contributed by atoms with Crippen LogP contribution in [0.25, 0.3) is 11.4 Å². The summed E-state index contributed by atoms with van der Waals surface area (Å²) in [4.78, 5) is 18.4. The van der Waals surface area contributed by atoms with Crippen molar-refractivity contribution in [1.29, 1.82) is 0 Å². The number of hydrogen-bond donors (Lipinski definition) is 2. The lowest BCUT2D eigenvalue weighted by molar-refractivity contribution is 0.0417. The van der Waals surface area contributed by atoms with Gasteiger partial charge in [0.1, 0.15) is 17.7 Å². The number of nitrogens with zero attached hydrogens (tertiary/aromatic N) is 3. The number of likely N-dealkylation sites (tertiary alicyclic amines) is 1. The summed E-state index contributed by atoms with van der Waals surface area (Å²) >= 11 is 0. The number of nitrogens with one attached hydrogen (secondary N) is 1. The van der Waals surface area contributed by atoms with Crippen molar-refractivity contribution in [2.24, 2.45) is 0 Å². The molecule has 1 amide bonds. The molecule has 1 unspecified atom stereocenters. The van der Waals surface area contributed by atoms with E-state index in [9.17, 15) is 14.3 Å². The van der Waals surface area contributed by atoms with E-state index in [1.165, 1.54) is 18.5 Å². The van der Waals surface area contributed by atoms with E-state index in [0.717, 1.165) is 5.56 Å². The Hall–Kier alpha value is -3.06. The average Bonchev–Trinajstić information content (AvgIpc) is 3.32. The van der Waals surface area contributed by atoms with E-state index >= 15 is 0 Å². The predicted octanol–water partition coefficient (Wildman–Crippen LogP) is 2.34. The van der Waals surface area contributed by atoms with Crippen molar-refractivity contribution >= 4 is 5.91 Å². The smallest absolute Gasteiger partial charge is 0.253 e. The number of carbonyl (C=O) groups is 1. The van der Waals surface area contributed by atoms with Gasteiger partial charge in [-0.1, -0.05) is 24.3 Å². The number of aromatic amines is 1. The van der Waals surface area contributed by atoms with Crippen LogP contribution in [0.2, 0.25) is 0 Å². The largest absolute Gasteiger partial charge is 0.383 e. The first kappa shape index (κ1) is 16.4. The maximum atomic E-state index is 13.1. The number of aliphatic hydroxyl groups is 1. The second-order valence-corrected chi connectivity index (χ2v) is 6.43. The Morgan fingerprint density at radius 1 is 1.15 bits per heavy atom. The van der Waals surface area contributed by atoms with Crippen LogP contribution < -0.4 is 0 Å². The first-order valence-corrected chi connectivity index (χ1v) is 8.29. The Kier molecular flexibility index (Phi) is 4.00. The highest BCUT2D eigenvalue weighted by Gasteiger charge is 2.39. The van der Waals surface area contributed by atoms with Gasteiger partial charge in [-0.3, -0.25) is 9.89 Å². The van der Waals surface area contributed by atoms with Crippen molar-refractivity contribution in [3.8, 4) is 11.4 Å². The maximum absolute atomic E-state index is 13.1. The van der Waals surface area contributed by atoms with Gasteiger partial charge in [-0.05, 0) is 36.2 Å². The highest BCUT2D eigenvalue weighted by Crippen LogP contribution is 2.32. The van der Waals surface area contributed by atoms with E-state index in [2.05, 4.69) is 15.2 Å². The van der Waals surface area contributed by atoms with Crippen molar-refractivity contribution < 1.29 is 14.3 Å². The predicted molar refractivity (Wildman–Crippen MR) is 92.6 cm³/mol. The molecule has 1 saturated heterocycles. The molecular weight excluding hydrogens is 335 g/mol. The Bertz CT molecular complexity index is 910. The lowest BCUT2D eigenvalue weighted by Crippen LogP contribution is -2.34. The summed E-state index contributed by atoms with van der Waals surface area (Å²) in [5.74, 6) is 0.137. The fourth-order valence-electron chi connectivity index (χ4n) is 3.26. The Morgan fingerprint density at radius 3 is 2.54 bits per heavy atom. The summed E-state index contributed by atoms with van der Waals surface area (Å²) in [5, 5.41) is 17.4. The third-order valence-electron chi connectivity index (χ3n) is 4.74. The van der Waals surface area contributed by atoms with Crippen molar-refractivity contribution in [1.82, 2.24) is 20.1 Å². The van der Waals surface area contributed by atoms with Gasteiger partial charge in [0, 0.05) is 17.7 Å². The molecule has 1 aromatic heterocycles. The van der Waals surface area contributed by atoms with E-state index in [1.807, 2.05) is 0 Å². The van der Waals surface area contributed by atoms with Gasteiger partial charge in [0.25, 0.3) is 5.91 Å². The minimum Gasteiger partial charge on any atom is -0.383 e. The molecule has 0 bridgehead atoms. The number of carbonyl (C=O) groups excluding carboxylic acids is 1. The molecule has 2 heterocycles. The number of benzene rings is 2. The third kappa shape index (κ3) is 2.97. The zero-order valence-corrected chi connectivity index (χ0v) is 13.9. The van der Waals surface area contributed by atoms with Crippen molar-refractivity contribution in [2.45, 2.75) is 12.0 Å². The summed E-state index contributed by atoms with van der Waals surface area (Å²) in [5.41, 5.74) is 0.846. The molecule has 3 aromatic rings. The number of amides is 1. The van der Waals surface area contributed by atoms with Gasteiger partial charge in [0.05, 0.1) is 6.54 Å². The standard InChI is InChI=1S/C19H17FN4O2/c20-16-7-5-15(6-8-16)19(26)9-10-24(11-19)18(25)14-3-1-13(2-4-14)17-21-12-22-23-17/h1-8,12,26H,9-11H2,(H,21,22,23). The van der Waals surface area contributed by atoms with Crippen LogP contribution in [0.1, 0.15) is 22.3 Å². The van der Waals surface area contributed by atoms with Gasteiger partial charge in [0.2, 0.25) is 0 Å². The van der Waals surface area contributed by atoms with Crippen LogP contribution in [0.5, 0.6) is 0 Å². The van der Waals surface area contributed by atoms with Crippen LogP contribution in [0, 0.1) is 5.82 Å². The number of rotatable bonds is 3. The SMILES string of the molecule is O=C(c1ccc(-c2ncn[nH]2)cc1)N1CCC(O)(c2ccc(F)cc2)C1. The normalized spacial score (nSPS) is 19.7. The molecule has 1 atom stereocenters. The third-order valence-corrected chi connectivity index (χ3v) is 4.74. The number of β-amino-alcohol motifs (C(OH)–C–C–N with tert-alkyl or cyclic N) is 1. The van der Waals surface area contributed by atoms with Crippen molar-refractivity contribution in [2.75, 3.05) is 13.1 Å². The average molecular weight is 352 g/mol. The second kappa shape index (κ2) is 6.34. The zero-order valence-electron chi connectivity index (χ0n) is 13.9.